The van der Waals surface area contributed by atoms with E-state index in [1.165, 1.54) is 43.4 Å². The van der Waals surface area contributed by atoms with Crippen LogP contribution in [0.3, 0.4) is 0 Å². The maximum absolute atomic E-state index is 6.49. The van der Waals surface area contributed by atoms with E-state index in [0.29, 0.717) is 11.8 Å². The molecule has 0 aromatic carbocycles. The van der Waals surface area contributed by atoms with Gasteiger partial charge in [-0.25, -0.2) is 0 Å². The molecule has 2 heteroatoms. The van der Waals surface area contributed by atoms with Gasteiger partial charge in [0.25, 0.3) is 0 Å². The highest BCUT2D eigenvalue weighted by atomic mass is 14.8. The molecule has 17 heavy (non-hydrogen) atoms. The lowest BCUT2D eigenvalue weighted by Crippen LogP contribution is -2.37. The van der Waals surface area contributed by atoms with Gasteiger partial charge in [0.1, 0.15) is 0 Å². The Bertz CT molecular complexity index is 358. The first-order valence-corrected chi connectivity index (χ1v) is 6.97. The summed E-state index contributed by atoms with van der Waals surface area (Å²) in [5.74, 6) is 1.11. The summed E-state index contributed by atoms with van der Waals surface area (Å²) in [7, 11) is 0. The predicted molar refractivity (Wildman–Crippen MR) is 72.0 cm³/mol. The number of aromatic nitrogens is 1. The fourth-order valence-electron chi connectivity index (χ4n) is 3.18. The van der Waals surface area contributed by atoms with Gasteiger partial charge in [0.2, 0.25) is 0 Å². The van der Waals surface area contributed by atoms with E-state index < -0.39 is 0 Å². The van der Waals surface area contributed by atoms with E-state index in [1.807, 2.05) is 12.3 Å². The minimum atomic E-state index is 0.277. The standard InChI is InChI=1S/C15H24N2/c1-3-11(4-2)14(16)13-9-5-7-12-8-6-10-17-15(12)13/h6,8,10-11,13-14H,3-5,7,9,16H2,1-2H3. The van der Waals surface area contributed by atoms with Crippen LogP contribution in [0.1, 0.15) is 56.7 Å². The number of rotatable bonds is 4. The van der Waals surface area contributed by atoms with Crippen molar-refractivity contribution in [2.24, 2.45) is 11.7 Å². The molecule has 0 aliphatic heterocycles. The Morgan fingerprint density at radius 2 is 2.18 bits per heavy atom. The summed E-state index contributed by atoms with van der Waals surface area (Å²) in [5.41, 5.74) is 9.19. The van der Waals surface area contributed by atoms with Gasteiger partial charge in [0.05, 0.1) is 0 Å². The molecule has 2 unspecified atom stereocenters. The van der Waals surface area contributed by atoms with Crippen LogP contribution in [-0.4, -0.2) is 11.0 Å². The molecule has 0 spiro atoms. The molecule has 0 fully saturated rings. The molecule has 1 heterocycles. The highest BCUT2D eigenvalue weighted by Gasteiger charge is 2.30. The van der Waals surface area contributed by atoms with Crippen LogP contribution in [-0.2, 0) is 6.42 Å². The number of nitrogens with zero attached hydrogens (tertiary/aromatic N) is 1. The van der Waals surface area contributed by atoms with E-state index in [-0.39, 0.29) is 6.04 Å². The second-order valence-corrected chi connectivity index (χ2v) is 5.20. The summed E-state index contributed by atoms with van der Waals surface area (Å²) >= 11 is 0. The highest BCUT2D eigenvalue weighted by Crippen LogP contribution is 2.35. The van der Waals surface area contributed by atoms with Crippen LogP contribution in [0.15, 0.2) is 18.3 Å². The van der Waals surface area contributed by atoms with Gasteiger partial charge in [-0.3, -0.25) is 4.98 Å². The summed E-state index contributed by atoms with van der Waals surface area (Å²) in [6.45, 7) is 4.49. The van der Waals surface area contributed by atoms with Crippen molar-refractivity contribution in [1.82, 2.24) is 4.98 Å². The van der Waals surface area contributed by atoms with Crippen LogP contribution in [0.4, 0.5) is 0 Å². The molecule has 0 saturated heterocycles. The lowest BCUT2D eigenvalue weighted by atomic mass is 9.76. The third-order valence-electron chi connectivity index (χ3n) is 4.30. The molecule has 1 aliphatic carbocycles. The third-order valence-corrected chi connectivity index (χ3v) is 4.30. The molecule has 94 valence electrons. The van der Waals surface area contributed by atoms with Gasteiger partial charge in [-0.15, -0.1) is 0 Å². The van der Waals surface area contributed by atoms with E-state index in [1.54, 1.807) is 0 Å². The zero-order valence-corrected chi connectivity index (χ0v) is 11.0. The van der Waals surface area contributed by atoms with Crippen molar-refractivity contribution < 1.29 is 0 Å². The van der Waals surface area contributed by atoms with Gasteiger partial charge in [0, 0.05) is 23.9 Å². The Morgan fingerprint density at radius 3 is 2.88 bits per heavy atom. The van der Waals surface area contributed by atoms with Crippen LogP contribution < -0.4 is 5.73 Å². The zero-order chi connectivity index (χ0) is 12.3. The fraction of sp³-hybridized carbons (Fsp3) is 0.667. The average molecular weight is 232 g/mol. The molecule has 0 amide bonds. The number of nitrogens with two attached hydrogens (primary N) is 1. The second kappa shape index (κ2) is 5.63. The Kier molecular flexibility index (Phi) is 4.16. The molecule has 2 nitrogen and oxygen atoms in total. The Hall–Kier alpha value is -0.890. The Labute approximate surface area is 105 Å². The smallest absolute Gasteiger partial charge is 0.0481 e. The SMILES string of the molecule is CCC(CC)C(N)C1CCCc2cccnc21. The number of aryl methyl sites for hydroxylation is 1. The van der Waals surface area contributed by atoms with Crippen LogP contribution in [0.2, 0.25) is 0 Å². The summed E-state index contributed by atoms with van der Waals surface area (Å²) < 4.78 is 0. The van der Waals surface area contributed by atoms with E-state index in [0.717, 1.165) is 0 Å². The van der Waals surface area contributed by atoms with Crippen molar-refractivity contribution in [3.05, 3.63) is 29.6 Å². The van der Waals surface area contributed by atoms with Gasteiger partial charge in [-0.05, 0) is 36.8 Å². The van der Waals surface area contributed by atoms with Gasteiger partial charge in [-0.2, -0.15) is 0 Å². The monoisotopic (exact) mass is 232 g/mol. The van der Waals surface area contributed by atoms with Crippen LogP contribution in [0, 0.1) is 5.92 Å². The molecule has 2 rings (SSSR count). The average Bonchev–Trinajstić information content (AvgIpc) is 2.39. The quantitative estimate of drug-likeness (QED) is 0.865. The molecule has 1 aromatic rings. The third kappa shape index (κ3) is 2.52. The summed E-state index contributed by atoms with van der Waals surface area (Å²) in [6.07, 6.45) is 7.91. The topological polar surface area (TPSA) is 38.9 Å². The van der Waals surface area contributed by atoms with Crippen LogP contribution in [0.5, 0.6) is 0 Å². The van der Waals surface area contributed by atoms with Crippen molar-refractivity contribution in [1.29, 1.82) is 0 Å². The highest BCUT2D eigenvalue weighted by molar-refractivity contribution is 5.27. The lowest BCUT2D eigenvalue weighted by molar-refractivity contribution is 0.320. The van der Waals surface area contributed by atoms with Crippen molar-refractivity contribution in [3.8, 4) is 0 Å². The first kappa shape index (κ1) is 12.6. The first-order chi connectivity index (χ1) is 8.27. The molecule has 0 radical (unpaired) electrons. The summed E-state index contributed by atoms with van der Waals surface area (Å²) in [4.78, 5) is 4.59. The summed E-state index contributed by atoms with van der Waals surface area (Å²) in [6, 6.07) is 4.54. The number of hydrogen-bond acceptors (Lipinski definition) is 2. The lowest BCUT2D eigenvalue weighted by Gasteiger charge is -2.33. The van der Waals surface area contributed by atoms with Gasteiger partial charge in [-0.1, -0.05) is 32.8 Å². The van der Waals surface area contributed by atoms with Gasteiger partial charge in [0.15, 0.2) is 0 Å². The van der Waals surface area contributed by atoms with E-state index in [4.69, 9.17) is 5.73 Å². The van der Waals surface area contributed by atoms with Gasteiger partial charge >= 0.3 is 0 Å². The van der Waals surface area contributed by atoms with Crippen molar-refractivity contribution in [3.63, 3.8) is 0 Å². The van der Waals surface area contributed by atoms with Crippen LogP contribution >= 0.6 is 0 Å². The van der Waals surface area contributed by atoms with Crippen molar-refractivity contribution >= 4 is 0 Å². The zero-order valence-electron chi connectivity index (χ0n) is 11.0. The maximum atomic E-state index is 6.49. The normalized spacial score (nSPS) is 21.3. The van der Waals surface area contributed by atoms with E-state index >= 15 is 0 Å². The Balaban J connectivity index is 2.23. The molecule has 1 aromatic heterocycles. The minimum Gasteiger partial charge on any atom is -0.327 e. The van der Waals surface area contributed by atoms with Crippen molar-refractivity contribution in [2.75, 3.05) is 0 Å². The molecular formula is C15H24N2. The molecule has 0 bridgehead atoms. The largest absolute Gasteiger partial charge is 0.327 e. The molecule has 0 saturated carbocycles. The molecule has 2 N–H and O–H groups in total. The summed E-state index contributed by atoms with van der Waals surface area (Å²) in [5, 5.41) is 0. The molecular weight excluding hydrogens is 208 g/mol. The number of pyridine rings is 1. The van der Waals surface area contributed by atoms with E-state index in [2.05, 4.69) is 24.9 Å². The first-order valence-electron chi connectivity index (χ1n) is 6.97. The van der Waals surface area contributed by atoms with Crippen molar-refractivity contribution in [2.45, 2.75) is 57.9 Å². The molecule has 2 atom stereocenters. The fourth-order valence-corrected chi connectivity index (χ4v) is 3.18. The van der Waals surface area contributed by atoms with E-state index in [9.17, 15) is 0 Å². The number of fused-ring (bicyclic) bond motifs is 1. The number of hydrogen-bond donors (Lipinski definition) is 1. The minimum absolute atomic E-state index is 0.277. The Morgan fingerprint density at radius 1 is 1.41 bits per heavy atom. The van der Waals surface area contributed by atoms with Gasteiger partial charge < -0.3 is 5.73 Å². The van der Waals surface area contributed by atoms with Crippen LogP contribution in [0.25, 0.3) is 0 Å². The maximum Gasteiger partial charge on any atom is 0.0481 e. The molecule has 1 aliphatic rings. The predicted octanol–water partition coefficient (Wildman–Crippen LogP) is 3.27. The second-order valence-electron chi connectivity index (χ2n) is 5.20.